The number of aryl methyl sites for hydroxylation is 1. The fourth-order valence-electron chi connectivity index (χ4n) is 2.16. The number of nitrogens with zero attached hydrogens (tertiary/aromatic N) is 2. The summed E-state index contributed by atoms with van der Waals surface area (Å²) < 4.78 is 5.39. The van der Waals surface area contributed by atoms with Crippen molar-refractivity contribution in [2.24, 2.45) is 5.92 Å². The van der Waals surface area contributed by atoms with Gasteiger partial charge in [-0.2, -0.15) is 4.98 Å². The number of aromatic nitrogens is 2. The van der Waals surface area contributed by atoms with Gasteiger partial charge in [0, 0.05) is 10.8 Å². The first-order chi connectivity index (χ1) is 9.72. The number of thioether (sulfide) groups is 1. The van der Waals surface area contributed by atoms with Crippen molar-refractivity contribution in [3.8, 4) is 0 Å². The molecule has 4 nitrogen and oxygen atoms in total. The Morgan fingerprint density at radius 3 is 2.75 bits per heavy atom. The van der Waals surface area contributed by atoms with Gasteiger partial charge < -0.3 is 9.84 Å². The molecule has 2 aromatic rings. The highest BCUT2D eigenvalue weighted by atomic mass is 32.2. The van der Waals surface area contributed by atoms with Crippen LogP contribution in [0.25, 0.3) is 0 Å². The minimum atomic E-state index is 0.349. The van der Waals surface area contributed by atoms with Gasteiger partial charge in [0.1, 0.15) is 0 Å². The number of rotatable bonds is 5. The third kappa shape index (κ3) is 3.04. The van der Waals surface area contributed by atoms with Gasteiger partial charge in [0.15, 0.2) is 5.82 Å². The van der Waals surface area contributed by atoms with Crippen LogP contribution in [-0.4, -0.2) is 23.2 Å². The van der Waals surface area contributed by atoms with Gasteiger partial charge in [0.05, 0.1) is 5.75 Å². The Labute approximate surface area is 123 Å². The molecule has 1 aromatic heterocycles. The Bertz CT molecular complexity index is 563. The second-order valence-electron chi connectivity index (χ2n) is 5.36. The summed E-state index contributed by atoms with van der Waals surface area (Å²) in [5, 5.41) is 7.36. The average molecular weight is 289 g/mol. The highest BCUT2D eigenvalue weighted by molar-refractivity contribution is 7.98. The highest BCUT2D eigenvalue weighted by Gasteiger charge is 2.28. The number of hydrogen-bond donors (Lipinski definition) is 1. The molecular formula is C15H19N3OS. The molecule has 1 aliphatic rings. The summed E-state index contributed by atoms with van der Waals surface area (Å²) in [7, 11) is 0. The molecule has 5 heteroatoms. The smallest absolute Gasteiger partial charge is 0.229 e. The van der Waals surface area contributed by atoms with Crippen LogP contribution in [0.1, 0.15) is 30.1 Å². The van der Waals surface area contributed by atoms with E-state index in [9.17, 15) is 0 Å². The van der Waals surface area contributed by atoms with Crippen LogP contribution in [0.4, 0.5) is 0 Å². The highest BCUT2D eigenvalue weighted by Crippen LogP contribution is 2.27. The molecule has 0 spiro atoms. The van der Waals surface area contributed by atoms with Gasteiger partial charge in [-0.25, -0.2) is 0 Å². The third-order valence-corrected chi connectivity index (χ3v) is 4.79. The van der Waals surface area contributed by atoms with E-state index >= 15 is 0 Å². The van der Waals surface area contributed by atoms with Crippen molar-refractivity contribution in [2.75, 3.05) is 13.1 Å². The maximum absolute atomic E-state index is 5.39. The lowest BCUT2D eigenvalue weighted by Crippen LogP contribution is -2.44. The van der Waals surface area contributed by atoms with Crippen molar-refractivity contribution < 1.29 is 4.52 Å². The summed E-state index contributed by atoms with van der Waals surface area (Å²) in [6.45, 7) is 6.36. The second kappa shape index (κ2) is 5.97. The number of hydrogen-bond acceptors (Lipinski definition) is 5. The van der Waals surface area contributed by atoms with Gasteiger partial charge in [-0.15, -0.1) is 11.8 Å². The fourth-order valence-corrected chi connectivity index (χ4v) is 2.90. The molecule has 1 aromatic carbocycles. The molecule has 0 aliphatic carbocycles. The quantitative estimate of drug-likeness (QED) is 0.858. The van der Waals surface area contributed by atoms with E-state index < -0.39 is 0 Å². The van der Waals surface area contributed by atoms with Crippen LogP contribution in [0.15, 0.2) is 33.7 Å². The van der Waals surface area contributed by atoms with Gasteiger partial charge in [-0.1, -0.05) is 29.8 Å². The summed E-state index contributed by atoms with van der Waals surface area (Å²) in [4.78, 5) is 5.75. The van der Waals surface area contributed by atoms with Gasteiger partial charge in [-0.3, -0.25) is 0 Å². The topological polar surface area (TPSA) is 51.0 Å². The van der Waals surface area contributed by atoms with Crippen molar-refractivity contribution in [1.82, 2.24) is 15.5 Å². The molecule has 1 fully saturated rings. The Balaban J connectivity index is 1.58. The SMILES string of the molecule is Cc1ccc(SCc2noc(C(C)C3CNC3)n2)cc1. The first kappa shape index (κ1) is 13.6. The Kier molecular flexibility index (Phi) is 4.08. The van der Waals surface area contributed by atoms with Crippen molar-refractivity contribution >= 4 is 11.8 Å². The molecule has 3 rings (SSSR count). The Hall–Kier alpha value is -1.33. The first-order valence-corrected chi connectivity index (χ1v) is 7.93. The lowest BCUT2D eigenvalue weighted by molar-refractivity contribution is 0.252. The van der Waals surface area contributed by atoms with E-state index in [1.165, 1.54) is 10.5 Å². The van der Waals surface area contributed by atoms with Crippen molar-refractivity contribution in [2.45, 2.75) is 30.4 Å². The molecule has 0 amide bonds. The van der Waals surface area contributed by atoms with Crippen LogP contribution >= 0.6 is 11.8 Å². The summed E-state index contributed by atoms with van der Waals surface area (Å²) in [5.74, 6) is 3.29. The molecule has 1 unspecified atom stereocenters. The summed E-state index contributed by atoms with van der Waals surface area (Å²) in [5.41, 5.74) is 1.28. The number of benzene rings is 1. The zero-order valence-corrected chi connectivity index (χ0v) is 12.6. The maximum atomic E-state index is 5.39. The molecule has 1 aliphatic heterocycles. The van der Waals surface area contributed by atoms with Crippen molar-refractivity contribution in [1.29, 1.82) is 0 Å². The predicted octanol–water partition coefficient (Wildman–Crippen LogP) is 2.99. The molecule has 2 heterocycles. The van der Waals surface area contributed by atoms with Gasteiger partial charge in [-0.05, 0) is 38.1 Å². The average Bonchev–Trinajstić information content (AvgIpc) is 2.85. The molecule has 20 heavy (non-hydrogen) atoms. The molecule has 0 bridgehead atoms. The van der Waals surface area contributed by atoms with E-state index in [4.69, 9.17) is 4.52 Å². The van der Waals surface area contributed by atoms with Crippen LogP contribution in [0, 0.1) is 12.8 Å². The van der Waals surface area contributed by atoms with E-state index in [0.29, 0.717) is 11.8 Å². The summed E-state index contributed by atoms with van der Waals surface area (Å²) in [6, 6.07) is 8.50. The molecule has 1 N–H and O–H groups in total. The monoisotopic (exact) mass is 289 g/mol. The molecule has 1 saturated heterocycles. The lowest BCUT2D eigenvalue weighted by Gasteiger charge is -2.30. The third-order valence-electron chi connectivity index (χ3n) is 3.78. The maximum Gasteiger partial charge on any atom is 0.229 e. The van der Waals surface area contributed by atoms with Gasteiger partial charge in [0.2, 0.25) is 5.89 Å². The second-order valence-corrected chi connectivity index (χ2v) is 6.41. The summed E-state index contributed by atoms with van der Waals surface area (Å²) >= 11 is 1.74. The lowest BCUT2D eigenvalue weighted by atomic mass is 9.89. The minimum Gasteiger partial charge on any atom is -0.339 e. The largest absolute Gasteiger partial charge is 0.339 e. The van der Waals surface area contributed by atoms with Gasteiger partial charge >= 0.3 is 0 Å². The van der Waals surface area contributed by atoms with Crippen LogP contribution in [0.5, 0.6) is 0 Å². The van der Waals surface area contributed by atoms with Gasteiger partial charge in [0.25, 0.3) is 0 Å². The molecule has 0 radical (unpaired) electrons. The molecule has 106 valence electrons. The van der Waals surface area contributed by atoms with E-state index in [1.807, 2.05) is 0 Å². The van der Waals surface area contributed by atoms with Crippen LogP contribution in [-0.2, 0) is 5.75 Å². The minimum absolute atomic E-state index is 0.349. The van der Waals surface area contributed by atoms with E-state index in [2.05, 4.69) is 53.6 Å². The van der Waals surface area contributed by atoms with E-state index in [-0.39, 0.29) is 0 Å². The Morgan fingerprint density at radius 1 is 1.35 bits per heavy atom. The summed E-state index contributed by atoms with van der Waals surface area (Å²) in [6.07, 6.45) is 0. The van der Waals surface area contributed by atoms with Crippen LogP contribution in [0.2, 0.25) is 0 Å². The number of nitrogens with one attached hydrogen (secondary N) is 1. The normalized spacial score (nSPS) is 16.9. The molecule has 1 atom stereocenters. The van der Waals surface area contributed by atoms with Crippen LogP contribution in [0.3, 0.4) is 0 Å². The van der Waals surface area contributed by atoms with E-state index in [1.54, 1.807) is 11.8 Å². The molecular weight excluding hydrogens is 270 g/mol. The Morgan fingerprint density at radius 2 is 2.10 bits per heavy atom. The predicted molar refractivity (Wildman–Crippen MR) is 79.8 cm³/mol. The zero-order valence-electron chi connectivity index (χ0n) is 11.8. The van der Waals surface area contributed by atoms with E-state index in [0.717, 1.165) is 30.6 Å². The van der Waals surface area contributed by atoms with Crippen LogP contribution < -0.4 is 5.32 Å². The molecule has 0 saturated carbocycles. The van der Waals surface area contributed by atoms with Crippen molar-refractivity contribution in [3.63, 3.8) is 0 Å². The first-order valence-electron chi connectivity index (χ1n) is 6.95. The fraction of sp³-hybridized carbons (Fsp3) is 0.467. The standard InChI is InChI=1S/C15H19N3OS/c1-10-3-5-13(6-4-10)20-9-14-17-15(19-18-14)11(2)12-7-16-8-12/h3-6,11-12,16H,7-9H2,1-2H3. The van der Waals surface area contributed by atoms with Crippen molar-refractivity contribution in [3.05, 3.63) is 41.5 Å². The zero-order chi connectivity index (χ0) is 13.9.